The summed E-state index contributed by atoms with van der Waals surface area (Å²) in [6, 6.07) is 13.2. The highest BCUT2D eigenvalue weighted by atomic mass is 16.6. The van der Waals surface area contributed by atoms with Crippen molar-refractivity contribution in [1.82, 2.24) is 0 Å². The van der Waals surface area contributed by atoms with Gasteiger partial charge in [-0.15, -0.1) is 0 Å². The van der Waals surface area contributed by atoms with E-state index < -0.39 is 6.10 Å². The highest BCUT2D eigenvalue weighted by Gasteiger charge is 2.15. The van der Waals surface area contributed by atoms with Gasteiger partial charge >= 0.3 is 0 Å². The van der Waals surface area contributed by atoms with Gasteiger partial charge in [0.2, 0.25) is 0 Å². The minimum Gasteiger partial charge on any atom is -0.491 e. The third-order valence-electron chi connectivity index (χ3n) is 3.38. The van der Waals surface area contributed by atoms with E-state index in [0.29, 0.717) is 19.0 Å². The molecule has 0 radical (unpaired) electrons. The van der Waals surface area contributed by atoms with Crippen LogP contribution in [-0.2, 0) is 0 Å². The maximum Gasteiger partial charge on any atom is 0.161 e. The average Bonchev–Trinajstić information content (AvgIpc) is 2.53. The molecule has 1 N–H and O–H groups in total. The molecule has 2 aromatic rings. The molecule has 0 fully saturated rings. The topological polar surface area (TPSA) is 47.9 Å². The van der Waals surface area contributed by atoms with Gasteiger partial charge in [-0.2, -0.15) is 0 Å². The summed E-state index contributed by atoms with van der Waals surface area (Å²) in [6.45, 7) is 3.31. The van der Waals surface area contributed by atoms with E-state index in [9.17, 15) is 5.11 Å². The molecular weight excluding hydrogens is 268 g/mol. The summed E-state index contributed by atoms with van der Waals surface area (Å²) < 4.78 is 16.6. The fraction of sp³-hybridized carbons (Fsp3) is 0.294. The monoisotopic (exact) mass is 286 g/mol. The lowest BCUT2D eigenvalue weighted by atomic mass is 10.1. The molecule has 1 atom stereocenters. The van der Waals surface area contributed by atoms with E-state index in [-0.39, 0.29) is 6.61 Å². The smallest absolute Gasteiger partial charge is 0.161 e. The van der Waals surface area contributed by atoms with Crippen molar-refractivity contribution in [1.29, 1.82) is 0 Å². The van der Waals surface area contributed by atoms with Crippen molar-refractivity contribution in [2.45, 2.75) is 13.0 Å². The van der Waals surface area contributed by atoms with E-state index in [2.05, 4.69) is 0 Å². The minimum absolute atomic E-state index is 0.197. The predicted molar refractivity (Wildman–Crippen MR) is 79.1 cm³/mol. The van der Waals surface area contributed by atoms with Crippen LogP contribution in [0, 0.1) is 6.92 Å². The number of aliphatic hydroxyl groups excluding tert-OH is 1. The lowest BCUT2D eigenvalue weighted by Gasteiger charge is -2.20. The van der Waals surface area contributed by atoms with Gasteiger partial charge in [-0.05, 0) is 36.8 Å². The summed E-state index contributed by atoms with van der Waals surface area (Å²) in [5.74, 6) is 2.14. The van der Waals surface area contributed by atoms with Crippen molar-refractivity contribution in [2.24, 2.45) is 0 Å². The van der Waals surface area contributed by atoms with Crippen LogP contribution in [0.3, 0.4) is 0 Å². The van der Waals surface area contributed by atoms with Crippen LogP contribution in [0.4, 0.5) is 0 Å². The van der Waals surface area contributed by atoms with Gasteiger partial charge in [0.05, 0.1) is 0 Å². The van der Waals surface area contributed by atoms with Gasteiger partial charge in [-0.25, -0.2) is 0 Å². The zero-order valence-electron chi connectivity index (χ0n) is 11.9. The number of hydrogen-bond acceptors (Lipinski definition) is 4. The summed E-state index contributed by atoms with van der Waals surface area (Å²) in [5.41, 5.74) is 1.93. The van der Waals surface area contributed by atoms with E-state index in [1.54, 1.807) is 6.07 Å². The molecule has 0 aliphatic carbocycles. The highest BCUT2D eigenvalue weighted by molar-refractivity contribution is 5.44. The van der Waals surface area contributed by atoms with Crippen LogP contribution in [0.2, 0.25) is 0 Å². The van der Waals surface area contributed by atoms with Crippen molar-refractivity contribution in [2.75, 3.05) is 19.8 Å². The van der Waals surface area contributed by atoms with Gasteiger partial charge in [0.25, 0.3) is 0 Å². The van der Waals surface area contributed by atoms with Crippen LogP contribution in [0.1, 0.15) is 17.2 Å². The van der Waals surface area contributed by atoms with Crippen LogP contribution in [0.5, 0.6) is 17.2 Å². The number of aliphatic hydroxyl groups is 1. The molecule has 21 heavy (non-hydrogen) atoms. The van der Waals surface area contributed by atoms with Gasteiger partial charge in [0.1, 0.15) is 31.7 Å². The molecule has 4 nitrogen and oxygen atoms in total. The van der Waals surface area contributed by atoms with E-state index in [0.717, 1.165) is 17.1 Å². The highest BCUT2D eigenvalue weighted by Crippen LogP contribution is 2.32. The van der Waals surface area contributed by atoms with Crippen molar-refractivity contribution in [3.8, 4) is 17.2 Å². The third-order valence-corrected chi connectivity index (χ3v) is 3.38. The molecule has 110 valence electrons. The summed E-state index contributed by atoms with van der Waals surface area (Å²) in [5, 5.41) is 10.2. The Bertz CT molecular complexity index is 607. The second-order valence-corrected chi connectivity index (χ2v) is 5.04. The minimum atomic E-state index is -0.706. The molecule has 1 unspecified atom stereocenters. The quantitative estimate of drug-likeness (QED) is 0.939. The van der Waals surface area contributed by atoms with Crippen molar-refractivity contribution in [3.05, 3.63) is 53.6 Å². The van der Waals surface area contributed by atoms with E-state index >= 15 is 0 Å². The number of rotatable bonds is 4. The third kappa shape index (κ3) is 3.28. The lowest BCUT2D eigenvalue weighted by molar-refractivity contribution is 0.107. The Morgan fingerprint density at radius 1 is 1.05 bits per heavy atom. The first kappa shape index (κ1) is 13.8. The number of ether oxygens (including phenoxy) is 3. The van der Waals surface area contributed by atoms with Gasteiger partial charge in [-0.1, -0.05) is 23.8 Å². The predicted octanol–water partition coefficient (Wildman–Crippen LogP) is 2.88. The first-order valence-corrected chi connectivity index (χ1v) is 6.99. The standard InChI is InChI=1S/C17H18O4/c1-12-2-5-14(6-3-12)21-11-15(18)13-4-7-16-17(10-13)20-9-8-19-16/h2-7,10,15,18H,8-9,11H2,1H3. The van der Waals surface area contributed by atoms with Crippen LogP contribution in [-0.4, -0.2) is 24.9 Å². The molecule has 0 aromatic heterocycles. The zero-order chi connectivity index (χ0) is 14.7. The molecule has 0 saturated heterocycles. The fourth-order valence-corrected chi connectivity index (χ4v) is 2.17. The van der Waals surface area contributed by atoms with E-state index in [1.165, 1.54) is 5.56 Å². The maximum atomic E-state index is 10.2. The Hall–Kier alpha value is -2.20. The maximum absolute atomic E-state index is 10.2. The zero-order valence-corrected chi connectivity index (χ0v) is 11.9. The number of aryl methyl sites for hydroxylation is 1. The normalized spacial score (nSPS) is 14.6. The summed E-state index contributed by atoms with van der Waals surface area (Å²) in [7, 11) is 0. The van der Waals surface area contributed by atoms with E-state index in [4.69, 9.17) is 14.2 Å². The number of fused-ring (bicyclic) bond motifs is 1. The molecule has 1 aliphatic rings. The van der Waals surface area contributed by atoms with Crippen LogP contribution < -0.4 is 14.2 Å². The second-order valence-electron chi connectivity index (χ2n) is 5.04. The van der Waals surface area contributed by atoms with Crippen molar-refractivity contribution in [3.63, 3.8) is 0 Å². The van der Waals surface area contributed by atoms with Gasteiger partial charge in [-0.3, -0.25) is 0 Å². The Morgan fingerprint density at radius 2 is 1.76 bits per heavy atom. The van der Waals surface area contributed by atoms with Gasteiger partial charge in [0.15, 0.2) is 11.5 Å². The molecule has 4 heteroatoms. The van der Waals surface area contributed by atoms with Crippen molar-refractivity contribution >= 4 is 0 Å². The van der Waals surface area contributed by atoms with Crippen molar-refractivity contribution < 1.29 is 19.3 Å². The Balaban J connectivity index is 1.65. The summed E-state index contributed by atoms with van der Waals surface area (Å²) in [6.07, 6.45) is -0.706. The SMILES string of the molecule is Cc1ccc(OCC(O)c2ccc3c(c2)OCCO3)cc1. The molecule has 0 saturated carbocycles. The lowest BCUT2D eigenvalue weighted by Crippen LogP contribution is -2.16. The number of benzene rings is 2. The number of hydrogen-bond donors (Lipinski definition) is 1. The average molecular weight is 286 g/mol. The molecular formula is C17H18O4. The molecule has 1 aliphatic heterocycles. The van der Waals surface area contributed by atoms with Gasteiger partial charge < -0.3 is 19.3 Å². The molecule has 0 bridgehead atoms. The first-order valence-electron chi connectivity index (χ1n) is 6.99. The Kier molecular flexibility index (Phi) is 3.97. The van der Waals surface area contributed by atoms with Crippen LogP contribution >= 0.6 is 0 Å². The molecule has 2 aromatic carbocycles. The van der Waals surface area contributed by atoms with Gasteiger partial charge in [0, 0.05) is 0 Å². The van der Waals surface area contributed by atoms with E-state index in [1.807, 2.05) is 43.3 Å². The molecule has 0 spiro atoms. The largest absolute Gasteiger partial charge is 0.491 e. The molecule has 3 rings (SSSR count). The van der Waals surface area contributed by atoms with Crippen LogP contribution in [0.25, 0.3) is 0 Å². The Labute approximate surface area is 123 Å². The summed E-state index contributed by atoms with van der Waals surface area (Å²) in [4.78, 5) is 0. The molecule has 0 amide bonds. The molecule has 1 heterocycles. The first-order chi connectivity index (χ1) is 10.2. The van der Waals surface area contributed by atoms with Crippen LogP contribution in [0.15, 0.2) is 42.5 Å². The Morgan fingerprint density at radius 3 is 2.52 bits per heavy atom. The fourth-order valence-electron chi connectivity index (χ4n) is 2.17. The second kappa shape index (κ2) is 6.06. The summed E-state index contributed by atoms with van der Waals surface area (Å²) >= 11 is 0.